The molecule has 21 heavy (non-hydrogen) atoms. The molecular weight excluding hydrogens is 314 g/mol. The predicted octanol–water partition coefficient (Wildman–Crippen LogP) is 3.21. The van der Waals surface area contributed by atoms with Crippen LogP contribution in [0.4, 0.5) is 5.69 Å². The molecule has 0 radical (unpaired) electrons. The zero-order chi connectivity index (χ0) is 15.2. The van der Waals surface area contributed by atoms with Gasteiger partial charge in [-0.25, -0.2) is 4.79 Å². The van der Waals surface area contributed by atoms with Crippen LogP contribution in [0.1, 0.15) is 9.67 Å². The van der Waals surface area contributed by atoms with Crippen molar-refractivity contribution in [2.24, 2.45) is 0 Å². The first kappa shape index (κ1) is 15.3. The molecule has 1 aromatic carbocycles. The quantitative estimate of drug-likeness (QED) is 0.857. The zero-order valence-electron chi connectivity index (χ0n) is 11.1. The maximum absolute atomic E-state index is 11.8. The van der Waals surface area contributed by atoms with Crippen LogP contribution in [0.25, 0.3) is 0 Å². The number of anilines is 1. The summed E-state index contributed by atoms with van der Waals surface area (Å²) in [6.07, 6.45) is 0. The molecule has 0 aliphatic carbocycles. The van der Waals surface area contributed by atoms with Crippen LogP contribution >= 0.6 is 22.9 Å². The second kappa shape index (κ2) is 7.10. The average molecular weight is 326 g/mol. The number of carbonyl (C=O) groups is 2. The number of halogens is 1. The summed E-state index contributed by atoms with van der Waals surface area (Å²) in [4.78, 5) is 23.6. The number of hydrogen-bond acceptors (Lipinski definition) is 5. The van der Waals surface area contributed by atoms with Gasteiger partial charge in [0.25, 0.3) is 5.91 Å². The SMILES string of the molecule is COC(=O)c1sccc1NC(=O)COc1cccc(Cl)c1. The second-order valence-electron chi connectivity index (χ2n) is 3.95. The maximum Gasteiger partial charge on any atom is 0.350 e. The van der Waals surface area contributed by atoms with Crippen LogP contribution < -0.4 is 10.1 Å². The molecule has 0 bridgehead atoms. The van der Waals surface area contributed by atoms with E-state index >= 15 is 0 Å². The van der Waals surface area contributed by atoms with E-state index in [0.717, 1.165) is 0 Å². The molecule has 0 atom stereocenters. The van der Waals surface area contributed by atoms with Crippen LogP contribution in [0.3, 0.4) is 0 Å². The molecule has 0 aliphatic rings. The Morgan fingerprint density at radius 3 is 2.86 bits per heavy atom. The minimum Gasteiger partial charge on any atom is -0.484 e. The number of nitrogens with one attached hydrogen (secondary N) is 1. The number of amides is 1. The van der Waals surface area contributed by atoms with Crippen molar-refractivity contribution < 1.29 is 19.1 Å². The van der Waals surface area contributed by atoms with Crippen LogP contribution in [0.15, 0.2) is 35.7 Å². The van der Waals surface area contributed by atoms with Crippen molar-refractivity contribution in [1.82, 2.24) is 0 Å². The lowest BCUT2D eigenvalue weighted by Crippen LogP contribution is -2.21. The minimum atomic E-state index is -0.490. The van der Waals surface area contributed by atoms with E-state index in [1.54, 1.807) is 35.7 Å². The predicted molar refractivity (Wildman–Crippen MR) is 81.2 cm³/mol. The highest BCUT2D eigenvalue weighted by Crippen LogP contribution is 2.23. The average Bonchev–Trinajstić information content (AvgIpc) is 2.92. The Labute approximate surface area is 130 Å². The van der Waals surface area contributed by atoms with Crippen molar-refractivity contribution >= 4 is 40.5 Å². The Morgan fingerprint density at radius 1 is 1.33 bits per heavy atom. The van der Waals surface area contributed by atoms with Gasteiger partial charge in [0.05, 0.1) is 12.8 Å². The number of hydrogen-bond donors (Lipinski definition) is 1. The monoisotopic (exact) mass is 325 g/mol. The Bertz CT molecular complexity index is 656. The molecule has 0 saturated heterocycles. The molecule has 1 heterocycles. The number of thiophene rings is 1. The van der Waals surface area contributed by atoms with E-state index in [9.17, 15) is 9.59 Å². The molecular formula is C14H12ClNO4S. The molecule has 0 saturated carbocycles. The molecule has 0 fully saturated rings. The van der Waals surface area contributed by atoms with E-state index in [4.69, 9.17) is 16.3 Å². The first-order valence-electron chi connectivity index (χ1n) is 5.94. The molecule has 1 amide bonds. The van der Waals surface area contributed by atoms with Crippen LogP contribution in [0.2, 0.25) is 5.02 Å². The van der Waals surface area contributed by atoms with Crippen LogP contribution in [0, 0.1) is 0 Å². The number of methoxy groups -OCH3 is 1. The van der Waals surface area contributed by atoms with Gasteiger partial charge >= 0.3 is 5.97 Å². The highest BCUT2D eigenvalue weighted by Gasteiger charge is 2.15. The Hall–Kier alpha value is -2.05. The lowest BCUT2D eigenvalue weighted by atomic mass is 10.3. The molecule has 7 heteroatoms. The van der Waals surface area contributed by atoms with E-state index in [0.29, 0.717) is 21.3 Å². The number of ether oxygens (including phenoxy) is 2. The number of carbonyl (C=O) groups excluding carboxylic acids is 2. The summed E-state index contributed by atoms with van der Waals surface area (Å²) in [7, 11) is 1.29. The molecule has 2 aromatic rings. The summed E-state index contributed by atoms with van der Waals surface area (Å²) in [5, 5.41) is 4.82. The van der Waals surface area contributed by atoms with Crippen LogP contribution in [0.5, 0.6) is 5.75 Å². The molecule has 110 valence electrons. The number of esters is 1. The Morgan fingerprint density at radius 2 is 2.14 bits per heavy atom. The summed E-state index contributed by atoms with van der Waals surface area (Å²) in [6.45, 7) is -0.184. The highest BCUT2D eigenvalue weighted by atomic mass is 35.5. The van der Waals surface area contributed by atoms with E-state index in [1.165, 1.54) is 18.4 Å². The number of rotatable bonds is 5. The topological polar surface area (TPSA) is 64.6 Å². The molecule has 2 rings (SSSR count). The standard InChI is InChI=1S/C14H12ClNO4S/c1-19-14(18)13-11(5-6-21-13)16-12(17)8-20-10-4-2-3-9(15)7-10/h2-7H,8H2,1H3,(H,16,17). The van der Waals surface area contributed by atoms with Crippen molar-refractivity contribution in [3.63, 3.8) is 0 Å². The summed E-state index contributed by atoms with van der Waals surface area (Å²) in [5.74, 6) is -0.370. The zero-order valence-corrected chi connectivity index (χ0v) is 12.7. The second-order valence-corrected chi connectivity index (χ2v) is 5.30. The van der Waals surface area contributed by atoms with Gasteiger partial charge in [0.15, 0.2) is 6.61 Å². The van der Waals surface area contributed by atoms with E-state index < -0.39 is 5.97 Å². The fourth-order valence-electron chi connectivity index (χ4n) is 1.55. The van der Waals surface area contributed by atoms with E-state index in [2.05, 4.69) is 10.1 Å². The van der Waals surface area contributed by atoms with Gasteiger partial charge in [0, 0.05) is 5.02 Å². The fourth-order valence-corrected chi connectivity index (χ4v) is 2.50. The molecule has 1 aromatic heterocycles. The van der Waals surface area contributed by atoms with Crippen molar-refractivity contribution in [2.75, 3.05) is 19.0 Å². The third kappa shape index (κ3) is 4.21. The van der Waals surface area contributed by atoms with Gasteiger partial charge in [0.2, 0.25) is 0 Å². The third-order valence-electron chi connectivity index (χ3n) is 2.48. The summed E-state index contributed by atoms with van der Waals surface area (Å²) in [5.41, 5.74) is 0.409. The van der Waals surface area contributed by atoms with Gasteiger partial charge in [-0.3, -0.25) is 4.79 Å². The Balaban J connectivity index is 1.93. The largest absolute Gasteiger partial charge is 0.484 e. The van der Waals surface area contributed by atoms with E-state index in [-0.39, 0.29) is 12.5 Å². The first-order chi connectivity index (χ1) is 10.1. The van der Waals surface area contributed by atoms with Crippen LogP contribution in [-0.4, -0.2) is 25.6 Å². The van der Waals surface area contributed by atoms with Gasteiger partial charge in [-0.15, -0.1) is 11.3 Å². The van der Waals surface area contributed by atoms with Gasteiger partial charge in [-0.2, -0.15) is 0 Å². The lowest BCUT2D eigenvalue weighted by molar-refractivity contribution is -0.118. The normalized spacial score (nSPS) is 10.0. The molecule has 0 aliphatic heterocycles. The van der Waals surface area contributed by atoms with Gasteiger partial charge in [-0.1, -0.05) is 17.7 Å². The Kier molecular flexibility index (Phi) is 5.19. The summed E-state index contributed by atoms with van der Waals surface area (Å²) < 4.78 is 9.95. The van der Waals surface area contributed by atoms with E-state index in [1.807, 2.05) is 0 Å². The van der Waals surface area contributed by atoms with Crippen molar-refractivity contribution in [3.8, 4) is 5.75 Å². The lowest BCUT2D eigenvalue weighted by Gasteiger charge is -2.07. The van der Waals surface area contributed by atoms with Gasteiger partial charge < -0.3 is 14.8 Å². The summed E-state index contributed by atoms with van der Waals surface area (Å²) in [6, 6.07) is 8.38. The van der Waals surface area contributed by atoms with Crippen LogP contribution in [-0.2, 0) is 9.53 Å². The molecule has 5 nitrogen and oxygen atoms in total. The first-order valence-corrected chi connectivity index (χ1v) is 7.20. The van der Waals surface area contributed by atoms with Gasteiger partial charge in [0.1, 0.15) is 10.6 Å². The van der Waals surface area contributed by atoms with Crippen molar-refractivity contribution in [1.29, 1.82) is 0 Å². The highest BCUT2D eigenvalue weighted by molar-refractivity contribution is 7.12. The third-order valence-corrected chi connectivity index (χ3v) is 3.61. The fraction of sp³-hybridized carbons (Fsp3) is 0.143. The van der Waals surface area contributed by atoms with Crippen molar-refractivity contribution in [2.45, 2.75) is 0 Å². The number of benzene rings is 1. The van der Waals surface area contributed by atoms with Crippen molar-refractivity contribution in [3.05, 3.63) is 45.6 Å². The maximum atomic E-state index is 11.8. The summed E-state index contributed by atoms with van der Waals surface area (Å²) >= 11 is 7.01. The van der Waals surface area contributed by atoms with Gasteiger partial charge in [-0.05, 0) is 29.6 Å². The molecule has 1 N–H and O–H groups in total. The molecule has 0 spiro atoms. The molecule has 0 unspecified atom stereocenters. The minimum absolute atomic E-state index is 0.184. The smallest absolute Gasteiger partial charge is 0.350 e.